The van der Waals surface area contributed by atoms with Crippen molar-refractivity contribution in [3.05, 3.63) is 36.4 Å². The predicted octanol–water partition coefficient (Wildman–Crippen LogP) is -10.8. The number of aliphatic imine (C=N–C) groups is 4. The van der Waals surface area contributed by atoms with Crippen LogP contribution in [0, 0.1) is 5.92 Å². The fraction of sp³-hybridized carbons (Fsp3) is 0.646. The van der Waals surface area contributed by atoms with E-state index in [-0.39, 0.29) is 144 Å². The molecule has 0 radical (unpaired) electrons. The first-order valence-corrected chi connectivity index (χ1v) is 36.3. The highest BCUT2D eigenvalue weighted by molar-refractivity contribution is 6.00. The number of carboxylic acids is 1. The summed E-state index contributed by atoms with van der Waals surface area (Å²) in [4.78, 5) is 212. The van der Waals surface area contributed by atoms with Crippen molar-refractivity contribution in [1.82, 2.24) is 78.0 Å². The van der Waals surface area contributed by atoms with Crippen molar-refractivity contribution in [1.29, 1.82) is 0 Å². The highest BCUT2D eigenvalue weighted by Gasteiger charge is 2.41. The molecule has 46 nitrogen and oxygen atoms in total. The lowest BCUT2D eigenvalue weighted by Gasteiger charge is -2.30. The quantitative estimate of drug-likeness (QED) is 0.0166. The van der Waals surface area contributed by atoms with Crippen molar-refractivity contribution in [3.8, 4) is 0 Å². The van der Waals surface area contributed by atoms with Crippen LogP contribution in [0.1, 0.15) is 135 Å². The van der Waals surface area contributed by atoms with Crippen molar-refractivity contribution in [2.24, 2.45) is 89.0 Å². The molecule has 0 spiro atoms. The zero-order valence-corrected chi connectivity index (χ0v) is 62.9. The maximum absolute atomic E-state index is 14.8. The summed E-state index contributed by atoms with van der Waals surface area (Å²) in [6, 6.07) is -18.6. The number of carboxylic acid groups (broad SMARTS) is 1. The number of primary amides is 1. The lowest BCUT2D eigenvalue weighted by atomic mass is 10.0. The lowest BCUT2D eigenvalue weighted by Crippen LogP contribution is -2.63. The first-order valence-electron chi connectivity index (χ1n) is 36.3. The minimum atomic E-state index is -1.95. The molecule has 1 saturated heterocycles. The van der Waals surface area contributed by atoms with Crippen LogP contribution in [0.4, 0.5) is 0 Å². The Kier molecular flexibility index (Phi) is 41.2. The molecular weight excluding hydrogens is 1460 g/mol. The van der Waals surface area contributed by atoms with Gasteiger partial charge in [0.1, 0.15) is 66.5 Å². The van der Waals surface area contributed by atoms with Gasteiger partial charge in [0, 0.05) is 69.3 Å². The van der Waals surface area contributed by atoms with Gasteiger partial charge in [-0.05, 0) is 110 Å². The van der Waals surface area contributed by atoms with Crippen molar-refractivity contribution < 1.29 is 77.6 Å². The molecular formula is C65H114N30O16. The summed E-state index contributed by atoms with van der Waals surface area (Å²) in [7, 11) is 0. The lowest BCUT2D eigenvalue weighted by molar-refractivity contribution is -0.142. The number of unbranched alkanes of at least 4 members (excludes halogenated alkanes) is 1. The third-order valence-corrected chi connectivity index (χ3v) is 17.1. The van der Waals surface area contributed by atoms with Crippen LogP contribution in [0.2, 0.25) is 0 Å². The molecule has 2 aromatic rings. The van der Waals surface area contributed by atoms with E-state index in [1.165, 1.54) is 36.9 Å². The SMILES string of the molecule is CC(C)C[C@@H](NC(=O)[C@@H](CCCN=C(N)N)NC(=O)[C@H](NC(=O)[C@@H](CCCN=C(N)N)NC(=O)[C@H]1CCCN1C(=O)[C@H](N)CCCCN)[C@@H](C)O)C(=O)N[C@H](Cc1cnc[nH]1)C(=O)N[C@@H](C(=O)N[C@H](Cc1cnc[nH]1)C(=O)N[C@H](CCCN=C(N)N)C(=O)N[C@H](CC(N)=O)C(=O)N[C@H](CCCN=C(N)N)C(=O)O)[C@@H](C)O. The molecule has 0 aromatic carbocycles. The van der Waals surface area contributed by atoms with Gasteiger partial charge in [0.05, 0.1) is 37.3 Å². The van der Waals surface area contributed by atoms with E-state index in [0.717, 1.165) is 6.92 Å². The molecule has 12 amide bonds. The number of hydrogen-bond donors (Lipinski definition) is 26. The fourth-order valence-corrected chi connectivity index (χ4v) is 11.5. The predicted molar refractivity (Wildman–Crippen MR) is 403 cm³/mol. The monoisotopic (exact) mass is 1570 g/mol. The van der Waals surface area contributed by atoms with E-state index in [2.05, 4.69) is 93.1 Å². The Morgan fingerprint density at radius 3 is 1.24 bits per heavy atom. The van der Waals surface area contributed by atoms with Crippen LogP contribution in [0.5, 0.6) is 0 Å². The number of nitrogens with zero attached hydrogens (tertiary/aromatic N) is 7. The first-order chi connectivity index (χ1) is 52.4. The van der Waals surface area contributed by atoms with Crippen molar-refractivity contribution in [2.75, 3.05) is 39.3 Å². The number of aliphatic carboxylic acids is 1. The second-order valence-electron chi connectivity index (χ2n) is 27.0. The normalized spacial score (nSPS) is 16.0. The van der Waals surface area contributed by atoms with E-state index >= 15 is 0 Å². The minimum absolute atomic E-state index is 0.00732. The largest absolute Gasteiger partial charge is 0.480 e. The summed E-state index contributed by atoms with van der Waals surface area (Å²) in [5.74, 6) is -15.1. The molecule has 1 fully saturated rings. The summed E-state index contributed by atoms with van der Waals surface area (Å²) in [6.07, 6.45) is 1.44. The van der Waals surface area contributed by atoms with Crippen molar-refractivity contribution in [3.63, 3.8) is 0 Å². The van der Waals surface area contributed by atoms with Gasteiger partial charge in [-0.1, -0.05) is 20.3 Å². The maximum atomic E-state index is 14.8. The molecule has 14 atom stereocenters. The van der Waals surface area contributed by atoms with Gasteiger partial charge >= 0.3 is 5.97 Å². The number of aliphatic hydroxyl groups excluding tert-OH is 2. The van der Waals surface area contributed by atoms with Gasteiger partial charge in [0.2, 0.25) is 70.9 Å². The van der Waals surface area contributed by atoms with Crippen molar-refractivity contribution in [2.45, 2.75) is 222 Å². The molecule has 620 valence electrons. The van der Waals surface area contributed by atoms with Crippen LogP contribution in [0.3, 0.4) is 0 Å². The summed E-state index contributed by atoms with van der Waals surface area (Å²) in [5, 5.41) is 57.2. The number of guanidine groups is 4. The van der Waals surface area contributed by atoms with E-state index < -0.39 is 174 Å². The molecule has 0 unspecified atom stereocenters. The molecule has 111 heavy (non-hydrogen) atoms. The number of likely N-dealkylation sites (tertiary alicyclic amines) is 1. The van der Waals surface area contributed by atoms with Gasteiger partial charge < -0.3 is 146 Å². The van der Waals surface area contributed by atoms with Crippen LogP contribution >= 0.6 is 0 Å². The number of aromatic amines is 2. The van der Waals surface area contributed by atoms with Crippen molar-refractivity contribution >= 4 is 101 Å². The Labute approximate surface area is 640 Å². The van der Waals surface area contributed by atoms with Gasteiger partial charge in [-0.15, -0.1) is 0 Å². The molecule has 46 heteroatoms. The molecule has 2 aromatic heterocycles. The highest BCUT2D eigenvalue weighted by Crippen LogP contribution is 2.21. The number of aromatic nitrogens is 4. The van der Waals surface area contributed by atoms with Crippen LogP contribution in [0.25, 0.3) is 0 Å². The molecule has 1 aliphatic rings. The standard InChI is InChI=1S/C65H114N30O16/c1-32(2)24-42(89-51(100)39(14-8-20-80-63(71)72)87-58(107)48(33(3)96)93-52(101)40(15-9-21-81-64(73)74)86-57(106)46-17-11-23-95(46)60(109)37(67)12-5-6-18-66)53(102)90-44(26-36-29-78-31-84-36)56(105)94-49(34(4)97)59(108)92-43(25-35-28-77-30-83-35)54(103)85-38(13-7-19-79-62(69)70)50(99)91-45(27-47(68)98)55(104)88-41(61(110)111)16-10-22-82-65(75)76/h28-34,37-46,48-49,96-97H,5-27,66-67H2,1-4H3,(H2,68,98)(H,77,83)(H,78,84)(H,85,103)(H,86,106)(H,87,107)(H,88,104)(H,89,100)(H,90,102)(H,91,99)(H,92,108)(H,93,101)(H,94,105)(H,110,111)(H4,69,70,79)(H4,71,72,80)(H4,73,74,81)(H4,75,76,82)/t33-,34-,37-,38-,39-,40-,41-,42-,43-,44-,45-,46-,48-,49-/m1/s1. The Morgan fingerprint density at radius 1 is 0.477 bits per heavy atom. The number of carbonyl (C=O) groups is 13. The molecule has 1 aliphatic heterocycles. The summed E-state index contributed by atoms with van der Waals surface area (Å²) >= 11 is 0. The van der Waals surface area contributed by atoms with Gasteiger partial charge in [-0.3, -0.25) is 77.5 Å². The van der Waals surface area contributed by atoms with E-state index in [1.807, 2.05) is 0 Å². The van der Waals surface area contributed by atoms with Gasteiger partial charge in [-0.25, -0.2) is 14.8 Å². The third-order valence-electron chi connectivity index (χ3n) is 17.1. The summed E-state index contributed by atoms with van der Waals surface area (Å²) < 4.78 is 0. The smallest absolute Gasteiger partial charge is 0.326 e. The summed E-state index contributed by atoms with van der Waals surface area (Å²) in [6.45, 7) is 6.12. The number of amides is 12. The maximum Gasteiger partial charge on any atom is 0.326 e. The zero-order valence-electron chi connectivity index (χ0n) is 62.9. The van der Waals surface area contributed by atoms with Gasteiger partial charge in [0.15, 0.2) is 23.8 Å². The second kappa shape index (κ2) is 48.8. The van der Waals surface area contributed by atoms with Crippen LogP contribution in [-0.2, 0) is 75.2 Å². The fourth-order valence-electron chi connectivity index (χ4n) is 11.5. The number of carbonyl (C=O) groups excluding carboxylic acids is 12. The third kappa shape index (κ3) is 35.1. The zero-order chi connectivity index (χ0) is 83.0. The summed E-state index contributed by atoms with van der Waals surface area (Å²) in [5.41, 5.74) is 61.7. The van der Waals surface area contributed by atoms with E-state index in [9.17, 15) is 77.6 Å². The van der Waals surface area contributed by atoms with E-state index in [0.29, 0.717) is 32.2 Å². The number of aliphatic hydroxyl groups is 2. The number of imidazole rings is 2. The number of nitrogens with one attached hydrogen (secondary N) is 12. The van der Waals surface area contributed by atoms with Crippen LogP contribution in [-0.4, -0.2) is 265 Å². The van der Waals surface area contributed by atoms with Crippen LogP contribution < -0.4 is 116 Å². The minimum Gasteiger partial charge on any atom is -0.480 e. The van der Waals surface area contributed by atoms with Gasteiger partial charge in [0.25, 0.3) is 0 Å². The topological polar surface area (TPSA) is 799 Å². The number of rotatable bonds is 52. The molecule has 3 rings (SSSR count). The highest BCUT2D eigenvalue weighted by atomic mass is 16.4. The number of H-pyrrole nitrogens is 2. The van der Waals surface area contributed by atoms with Crippen LogP contribution in [0.15, 0.2) is 45.0 Å². The molecule has 37 N–H and O–H groups in total. The Balaban J connectivity index is 1.99. The van der Waals surface area contributed by atoms with E-state index in [4.69, 9.17) is 63.1 Å². The Hall–Kier alpha value is -11.5. The van der Waals surface area contributed by atoms with E-state index in [1.54, 1.807) is 13.8 Å². The molecule has 0 bridgehead atoms. The Bertz CT molecular complexity index is 3490. The average Bonchev–Trinajstić information content (AvgIpc) is 1.73. The Morgan fingerprint density at radius 2 is 0.838 bits per heavy atom. The molecule has 0 saturated carbocycles. The van der Waals surface area contributed by atoms with Gasteiger partial charge in [-0.2, -0.15) is 0 Å². The number of hydrogen-bond acceptors (Lipinski definition) is 23. The number of nitrogens with two attached hydrogens (primary N) is 11. The second-order valence-corrected chi connectivity index (χ2v) is 27.0. The molecule has 3 heterocycles. The average molecular weight is 1570 g/mol. The first kappa shape index (κ1) is 93.7. The molecule has 0 aliphatic carbocycles.